The van der Waals surface area contributed by atoms with Crippen LogP contribution in [-0.2, 0) is 19.1 Å². The molecule has 0 saturated heterocycles. The molecule has 190 valence electrons. The standard InChI is InChI=1S/C25H40N4O5/c1-9-10-17(4)27-22(31)21(18-13-15(2)11-12-16(18)3)29(8)23(32)19(14-20(26)30)28-24(33)34-25(5,6)7/h11-13,17,19,21H,9-10,14H2,1-8H3,(H2,26,30)(H,27,31)(H,28,33). The largest absolute Gasteiger partial charge is 0.444 e. The van der Waals surface area contributed by atoms with E-state index in [2.05, 4.69) is 10.6 Å². The van der Waals surface area contributed by atoms with Crippen molar-refractivity contribution < 1.29 is 23.9 Å². The first-order valence-electron chi connectivity index (χ1n) is 11.6. The van der Waals surface area contributed by atoms with Crippen molar-refractivity contribution in [1.82, 2.24) is 15.5 Å². The van der Waals surface area contributed by atoms with E-state index in [1.165, 1.54) is 11.9 Å². The molecule has 0 bridgehead atoms. The zero-order chi connectivity index (χ0) is 26.2. The van der Waals surface area contributed by atoms with E-state index >= 15 is 0 Å². The summed E-state index contributed by atoms with van der Waals surface area (Å²) >= 11 is 0. The summed E-state index contributed by atoms with van der Waals surface area (Å²) in [6.07, 6.45) is 0.387. The molecule has 9 nitrogen and oxygen atoms in total. The van der Waals surface area contributed by atoms with Gasteiger partial charge in [-0.15, -0.1) is 0 Å². The highest BCUT2D eigenvalue weighted by Gasteiger charge is 2.35. The molecule has 0 spiro atoms. The van der Waals surface area contributed by atoms with Crippen molar-refractivity contribution in [2.24, 2.45) is 5.73 Å². The third-order valence-corrected chi connectivity index (χ3v) is 5.22. The molecule has 0 aromatic heterocycles. The Labute approximate surface area is 202 Å². The van der Waals surface area contributed by atoms with Crippen LogP contribution in [0.25, 0.3) is 0 Å². The Balaban J connectivity index is 3.35. The fourth-order valence-electron chi connectivity index (χ4n) is 3.63. The Kier molecular flexibility index (Phi) is 10.5. The minimum Gasteiger partial charge on any atom is -0.444 e. The van der Waals surface area contributed by atoms with E-state index in [0.29, 0.717) is 5.56 Å². The van der Waals surface area contributed by atoms with Gasteiger partial charge in [-0.3, -0.25) is 14.4 Å². The van der Waals surface area contributed by atoms with Crippen LogP contribution >= 0.6 is 0 Å². The van der Waals surface area contributed by atoms with E-state index in [-0.39, 0.29) is 11.9 Å². The highest BCUT2D eigenvalue weighted by molar-refractivity contribution is 5.94. The lowest BCUT2D eigenvalue weighted by Crippen LogP contribution is -2.53. The number of nitrogens with two attached hydrogens (primary N) is 1. The number of carbonyl (C=O) groups excluding carboxylic acids is 4. The summed E-state index contributed by atoms with van der Waals surface area (Å²) in [5, 5.41) is 5.41. The second kappa shape index (κ2) is 12.4. The normalized spacial score (nSPS) is 13.9. The monoisotopic (exact) mass is 476 g/mol. The van der Waals surface area contributed by atoms with Crippen LogP contribution < -0.4 is 16.4 Å². The molecule has 0 saturated carbocycles. The van der Waals surface area contributed by atoms with Crippen molar-refractivity contribution in [3.05, 3.63) is 34.9 Å². The molecule has 0 heterocycles. The molecule has 3 unspecified atom stereocenters. The number of aryl methyl sites for hydroxylation is 2. The third-order valence-electron chi connectivity index (χ3n) is 5.22. The van der Waals surface area contributed by atoms with Gasteiger partial charge in [0.15, 0.2) is 0 Å². The molecular weight excluding hydrogens is 436 g/mol. The summed E-state index contributed by atoms with van der Waals surface area (Å²) in [5.74, 6) is -1.75. The molecule has 1 rings (SSSR count). The van der Waals surface area contributed by atoms with E-state index in [0.717, 1.165) is 24.0 Å². The Morgan fingerprint density at radius 1 is 1.12 bits per heavy atom. The SMILES string of the molecule is CCCC(C)NC(=O)C(c1cc(C)ccc1C)N(C)C(=O)C(CC(N)=O)NC(=O)OC(C)(C)C. The Bertz CT molecular complexity index is 894. The first-order valence-corrected chi connectivity index (χ1v) is 11.6. The highest BCUT2D eigenvalue weighted by Crippen LogP contribution is 2.26. The van der Waals surface area contributed by atoms with Gasteiger partial charge in [-0.1, -0.05) is 37.1 Å². The second-order valence-corrected chi connectivity index (χ2v) is 9.78. The number of benzene rings is 1. The van der Waals surface area contributed by atoms with Crippen molar-refractivity contribution in [1.29, 1.82) is 0 Å². The van der Waals surface area contributed by atoms with E-state index in [1.807, 2.05) is 45.9 Å². The fraction of sp³-hybridized carbons (Fsp3) is 0.600. The van der Waals surface area contributed by atoms with Crippen LogP contribution in [0.5, 0.6) is 0 Å². The van der Waals surface area contributed by atoms with Gasteiger partial charge in [0, 0.05) is 13.1 Å². The van der Waals surface area contributed by atoms with Crippen molar-refractivity contribution in [2.45, 2.75) is 91.5 Å². The highest BCUT2D eigenvalue weighted by atomic mass is 16.6. The second-order valence-electron chi connectivity index (χ2n) is 9.78. The first kappa shape index (κ1) is 28.9. The smallest absolute Gasteiger partial charge is 0.408 e. The third kappa shape index (κ3) is 9.03. The molecule has 34 heavy (non-hydrogen) atoms. The molecule has 0 aliphatic rings. The van der Waals surface area contributed by atoms with Crippen LogP contribution in [0.2, 0.25) is 0 Å². The van der Waals surface area contributed by atoms with Crippen LogP contribution in [0.1, 0.15) is 76.6 Å². The van der Waals surface area contributed by atoms with Crippen LogP contribution in [0.4, 0.5) is 4.79 Å². The number of primary amides is 1. The predicted molar refractivity (Wildman–Crippen MR) is 131 cm³/mol. The molecule has 4 amide bonds. The number of ether oxygens (including phenoxy) is 1. The van der Waals surface area contributed by atoms with E-state index in [1.54, 1.807) is 20.8 Å². The summed E-state index contributed by atoms with van der Waals surface area (Å²) in [6, 6.07) is 3.33. The summed E-state index contributed by atoms with van der Waals surface area (Å²) < 4.78 is 5.23. The van der Waals surface area contributed by atoms with Crippen molar-refractivity contribution in [3.8, 4) is 0 Å². The lowest BCUT2D eigenvalue weighted by Gasteiger charge is -2.33. The van der Waals surface area contributed by atoms with Gasteiger partial charge < -0.3 is 26.0 Å². The predicted octanol–water partition coefficient (Wildman–Crippen LogP) is 2.88. The number of likely N-dealkylation sites (N-methyl/N-ethyl adjacent to an activating group) is 1. The Morgan fingerprint density at radius 2 is 1.74 bits per heavy atom. The number of hydrogen-bond acceptors (Lipinski definition) is 5. The van der Waals surface area contributed by atoms with Crippen LogP contribution in [0.15, 0.2) is 18.2 Å². The zero-order valence-electron chi connectivity index (χ0n) is 21.7. The lowest BCUT2D eigenvalue weighted by molar-refractivity contribution is -0.142. The van der Waals surface area contributed by atoms with Gasteiger partial charge in [0.1, 0.15) is 17.7 Å². The number of amides is 4. The van der Waals surface area contributed by atoms with Crippen LogP contribution in [0.3, 0.4) is 0 Å². The maximum atomic E-state index is 13.5. The van der Waals surface area contributed by atoms with E-state index in [4.69, 9.17) is 10.5 Å². The van der Waals surface area contributed by atoms with Gasteiger partial charge in [-0.2, -0.15) is 0 Å². The maximum absolute atomic E-state index is 13.5. The van der Waals surface area contributed by atoms with E-state index in [9.17, 15) is 19.2 Å². The fourth-order valence-corrected chi connectivity index (χ4v) is 3.63. The van der Waals surface area contributed by atoms with Gasteiger partial charge in [0.2, 0.25) is 17.7 Å². The van der Waals surface area contributed by atoms with Crippen molar-refractivity contribution in [2.75, 3.05) is 7.05 Å². The van der Waals surface area contributed by atoms with Crippen LogP contribution in [0, 0.1) is 13.8 Å². The summed E-state index contributed by atoms with van der Waals surface area (Å²) in [7, 11) is 1.48. The molecule has 1 aromatic rings. The average Bonchev–Trinajstić information content (AvgIpc) is 2.67. The molecule has 0 radical (unpaired) electrons. The minimum absolute atomic E-state index is 0.0880. The molecule has 0 aliphatic carbocycles. The van der Waals surface area contributed by atoms with Crippen molar-refractivity contribution >= 4 is 23.8 Å². The topological polar surface area (TPSA) is 131 Å². The first-order chi connectivity index (χ1) is 15.7. The molecular formula is C25H40N4O5. The molecule has 4 N–H and O–H groups in total. The van der Waals surface area contributed by atoms with Crippen molar-refractivity contribution in [3.63, 3.8) is 0 Å². The molecule has 0 fully saturated rings. The molecule has 3 atom stereocenters. The van der Waals surface area contributed by atoms with Gasteiger partial charge in [-0.25, -0.2) is 4.79 Å². The lowest BCUT2D eigenvalue weighted by atomic mass is 9.96. The molecule has 1 aromatic carbocycles. The Hall–Kier alpha value is -3.10. The average molecular weight is 477 g/mol. The number of carbonyl (C=O) groups is 4. The molecule has 0 aliphatic heterocycles. The summed E-state index contributed by atoms with van der Waals surface area (Å²) in [5.41, 5.74) is 6.97. The van der Waals surface area contributed by atoms with Gasteiger partial charge in [-0.05, 0) is 59.1 Å². The summed E-state index contributed by atoms with van der Waals surface area (Å²) in [6.45, 7) is 12.7. The van der Waals surface area contributed by atoms with Gasteiger partial charge in [0.05, 0.1) is 6.42 Å². The van der Waals surface area contributed by atoms with Crippen LogP contribution in [-0.4, -0.2) is 53.4 Å². The van der Waals surface area contributed by atoms with E-state index < -0.39 is 42.0 Å². The van der Waals surface area contributed by atoms with Gasteiger partial charge in [0.25, 0.3) is 0 Å². The quantitative estimate of drug-likeness (QED) is 0.478. The number of nitrogens with zero attached hydrogens (tertiary/aromatic N) is 1. The number of nitrogens with one attached hydrogen (secondary N) is 2. The molecule has 9 heteroatoms. The number of rotatable bonds is 10. The number of hydrogen-bond donors (Lipinski definition) is 3. The minimum atomic E-state index is -1.29. The zero-order valence-corrected chi connectivity index (χ0v) is 21.7. The number of alkyl carbamates (subject to hydrolysis) is 1. The van der Waals surface area contributed by atoms with Gasteiger partial charge >= 0.3 is 6.09 Å². The summed E-state index contributed by atoms with van der Waals surface area (Å²) in [4.78, 5) is 52.1. The maximum Gasteiger partial charge on any atom is 0.408 e. The Morgan fingerprint density at radius 3 is 2.26 bits per heavy atom.